The number of nitrogens with zero attached hydrogens (tertiary/aromatic N) is 3. The number of benzene rings is 1. The number of hydrogen-bond acceptors (Lipinski definition) is 5. The molecule has 0 radical (unpaired) electrons. The van der Waals surface area contributed by atoms with E-state index in [2.05, 4.69) is 22.0 Å². The van der Waals surface area contributed by atoms with Gasteiger partial charge < -0.3 is 10.3 Å². The van der Waals surface area contributed by atoms with Gasteiger partial charge in [-0.15, -0.1) is 0 Å². The summed E-state index contributed by atoms with van der Waals surface area (Å²) in [5.74, 6) is 0.0213. The van der Waals surface area contributed by atoms with E-state index in [1.165, 1.54) is 0 Å². The molecule has 4 aromatic rings. The van der Waals surface area contributed by atoms with E-state index >= 15 is 0 Å². The second kappa shape index (κ2) is 6.45. The molecule has 0 aliphatic heterocycles. The number of rotatable bonds is 4. The van der Waals surface area contributed by atoms with Crippen LogP contribution in [0.1, 0.15) is 30.3 Å². The molecule has 5 nitrogen and oxygen atoms in total. The van der Waals surface area contributed by atoms with Crippen LogP contribution in [0.5, 0.6) is 0 Å². The van der Waals surface area contributed by atoms with Crippen molar-refractivity contribution in [1.29, 1.82) is 0 Å². The fourth-order valence-electron chi connectivity index (χ4n) is 3.03. The average molecular weight is 330 g/mol. The molecule has 0 fully saturated rings. The zero-order valence-electron chi connectivity index (χ0n) is 13.8. The van der Waals surface area contributed by atoms with Crippen molar-refractivity contribution < 1.29 is 4.52 Å². The maximum absolute atomic E-state index is 6.56. The van der Waals surface area contributed by atoms with Crippen molar-refractivity contribution in [2.45, 2.75) is 18.9 Å². The maximum atomic E-state index is 6.56. The normalized spacial score (nSPS) is 13.7. The third-order valence-corrected chi connectivity index (χ3v) is 4.48. The summed E-state index contributed by atoms with van der Waals surface area (Å²) in [7, 11) is 0. The van der Waals surface area contributed by atoms with Gasteiger partial charge in [-0.2, -0.15) is 0 Å². The molecule has 0 bridgehead atoms. The molecule has 25 heavy (non-hydrogen) atoms. The van der Waals surface area contributed by atoms with Crippen LogP contribution in [0.4, 0.5) is 0 Å². The van der Waals surface area contributed by atoms with Crippen molar-refractivity contribution in [3.8, 4) is 11.3 Å². The number of aromatic nitrogens is 3. The molecular formula is C20H18N4O. The minimum atomic E-state index is -0.304. The van der Waals surface area contributed by atoms with Gasteiger partial charge in [0, 0.05) is 35.0 Å². The van der Waals surface area contributed by atoms with Gasteiger partial charge in [-0.3, -0.25) is 9.97 Å². The van der Waals surface area contributed by atoms with Crippen molar-refractivity contribution in [3.05, 3.63) is 78.4 Å². The van der Waals surface area contributed by atoms with Crippen LogP contribution in [-0.2, 0) is 0 Å². The SMILES string of the molecule is C[C@@H](c1ccccn1)[C@H](N)c1ncccc1-c1noc2ccccc12. The van der Waals surface area contributed by atoms with E-state index in [0.717, 1.165) is 33.6 Å². The van der Waals surface area contributed by atoms with Crippen molar-refractivity contribution in [1.82, 2.24) is 15.1 Å². The minimum Gasteiger partial charge on any atom is -0.356 e. The van der Waals surface area contributed by atoms with Gasteiger partial charge in [-0.1, -0.05) is 30.3 Å². The van der Waals surface area contributed by atoms with Crippen LogP contribution in [0.15, 0.2) is 71.5 Å². The third-order valence-electron chi connectivity index (χ3n) is 4.48. The van der Waals surface area contributed by atoms with Crippen LogP contribution >= 0.6 is 0 Å². The molecule has 2 atom stereocenters. The number of pyridine rings is 2. The van der Waals surface area contributed by atoms with Gasteiger partial charge in [0.2, 0.25) is 0 Å². The molecule has 0 aliphatic carbocycles. The standard InChI is InChI=1S/C20H18N4O/c1-13(16-9-4-5-11-22-16)18(21)20-15(8-6-12-23-20)19-14-7-2-3-10-17(14)25-24-19/h2-13,18H,21H2,1H3/t13-,18-/m0/s1. The lowest BCUT2D eigenvalue weighted by molar-refractivity contribution is 0.459. The lowest BCUT2D eigenvalue weighted by Crippen LogP contribution is -2.20. The number of fused-ring (bicyclic) bond motifs is 1. The van der Waals surface area contributed by atoms with E-state index in [-0.39, 0.29) is 12.0 Å². The van der Waals surface area contributed by atoms with E-state index in [4.69, 9.17) is 10.3 Å². The van der Waals surface area contributed by atoms with Crippen molar-refractivity contribution in [3.63, 3.8) is 0 Å². The van der Waals surface area contributed by atoms with Crippen LogP contribution in [0.2, 0.25) is 0 Å². The molecule has 0 spiro atoms. The lowest BCUT2D eigenvalue weighted by atomic mass is 9.91. The summed E-state index contributed by atoms with van der Waals surface area (Å²) in [6.45, 7) is 2.06. The highest BCUT2D eigenvalue weighted by molar-refractivity contribution is 5.92. The second-order valence-electron chi connectivity index (χ2n) is 6.03. The second-order valence-corrected chi connectivity index (χ2v) is 6.03. The summed E-state index contributed by atoms with van der Waals surface area (Å²) < 4.78 is 5.45. The van der Waals surface area contributed by atoms with Crippen molar-refractivity contribution in [2.75, 3.05) is 0 Å². The molecular weight excluding hydrogens is 312 g/mol. The van der Waals surface area contributed by atoms with Crippen LogP contribution < -0.4 is 5.73 Å². The predicted molar refractivity (Wildman–Crippen MR) is 96.8 cm³/mol. The average Bonchev–Trinajstić information content (AvgIpc) is 3.11. The van der Waals surface area contributed by atoms with Crippen LogP contribution in [0.25, 0.3) is 22.2 Å². The Morgan fingerprint density at radius 2 is 1.72 bits per heavy atom. The van der Waals surface area contributed by atoms with Gasteiger partial charge in [0.05, 0.1) is 11.7 Å². The van der Waals surface area contributed by atoms with E-state index in [1.54, 1.807) is 12.4 Å². The summed E-state index contributed by atoms with van der Waals surface area (Å²) in [5, 5.41) is 5.21. The molecule has 1 aromatic carbocycles. The monoisotopic (exact) mass is 330 g/mol. The number of nitrogens with two attached hydrogens (primary N) is 1. The third kappa shape index (κ3) is 2.79. The van der Waals surface area contributed by atoms with Gasteiger partial charge >= 0.3 is 0 Å². The Balaban J connectivity index is 1.79. The van der Waals surface area contributed by atoms with Gasteiger partial charge in [-0.05, 0) is 36.4 Å². The quantitative estimate of drug-likeness (QED) is 0.610. The molecule has 3 heterocycles. The Morgan fingerprint density at radius 3 is 2.56 bits per heavy atom. The first-order chi connectivity index (χ1) is 12.3. The summed E-state index contributed by atoms with van der Waals surface area (Å²) >= 11 is 0. The summed E-state index contributed by atoms with van der Waals surface area (Å²) in [6.07, 6.45) is 3.54. The molecule has 0 unspecified atom stereocenters. The minimum absolute atomic E-state index is 0.0213. The van der Waals surface area contributed by atoms with Crippen molar-refractivity contribution >= 4 is 11.0 Å². The van der Waals surface area contributed by atoms with Crippen molar-refractivity contribution in [2.24, 2.45) is 5.73 Å². The zero-order chi connectivity index (χ0) is 17.2. The summed E-state index contributed by atoms with van der Waals surface area (Å²) in [5.41, 5.74) is 10.7. The molecule has 124 valence electrons. The van der Waals surface area contributed by atoms with Gasteiger partial charge in [0.15, 0.2) is 5.58 Å². The highest BCUT2D eigenvalue weighted by atomic mass is 16.5. The Morgan fingerprint density at radius 1 is 0.920 bits per heavy atom. The largest absolute Gasteiger partial charge is 0.356 e. The smallest absolute Gasteiger partial charge is 0.167 e. The summed E-state index contributed by atoms with van der Waals surface area (Å²) in [4.78, 5) is 8.98. The highest BCUT2D eigenvalue weighted by Gasteiger charge is 2.24. The molecule has 0 saturated heterocycles. The lowest BCUT2D eigenvalue weighted by Gasteiger charge is -2.20. The van der Waals surface area contributed by atoms with Gasteiger partial charge in [0.1, 0.15) is 5.69 Å². The highest BCUT2D eigenvalue weighted by Crippen LogP contribution is 2.35. The molecule has 4 rings (SSSR count). The Labute approximate surface area is 145 Å². The van der Waals surface area contributed by atoms with E-state index in [1.807, 2.05) is 54.6 Å². The first kappa shape index (κ1) is 15.5. The van der Waals surface area contributed by atoms with Crippen LogP contribution in [-0.4, -0.2) is 15.1 Å². The van der Waals surface area contributed by atoms with Gasteiger partial charge in [0.25, 0.3) is 0 Å². The molecule has 0 amide bonds. The Bertz CT molecular complexity index is 997. The first-order valence-electron chi connectivity index (χ1n) is 8.22. The fraction of sp³-hybridized carbons (Fsp3) is 0.150. The topological polar surface area (TPSA) is 77.8 Å². The molecule has 5 heteroatoms. The number of para-hydroxylation sites is 1. The molecule has 2 N–H and O–H groups in total. The van der Waals surface area contributed by atoms with Crippen LogP contribution in [0.3, 0.4) is 0 Å². The summed E-state index contributed by atoms with van der Waals surface area (Å²) in [6, 6.07) is 17.2. The zero-order valence-corrected chi connectivity index (χ0v) is 13.8. The molecule has 0 aliphatic rings. The van der Waals surface area contributed by atoms with Gasteiger partial charge in [-0.25, -0.2) is 0 Å². The molecule has 3 aromatic heterocycles. The number of hydrogen-bond donors (Lipinski definition) is 1. The predicted octanol–water partition coefficient (Wildman–Crippen LogP) is 4.09. The van der Waals surface area contributed by atoms with Crippen LogP contribution in [0, 0.1) is 0 Å². The van der Waals surface area contributed by atoms with E-state index in [0.29, 0.717) is 0 Å². The fourth-order valence-corrected chi connectivity index (χ4v) is 3.03. The van der Waals surface area contributed by atoms with E-state index in [9.17, 15) is 0 Å². The Kier molecular flexibility index (Phi) is 3.99. The molecule has 0 saturated carbocycles. The maximum Gasteiger partial charge on any atom is 0.167 e. The first-order valence-corrected chi connectivity index (χ1v) is 8.22. The van der Waals surface area contributed by atoms with E-state index < -0.39 is 0 Å². The Hall–Kier alpha value is -3.05.